The molecule has 0 saturated carbocycles. The molecule has 0 aliphatic heterocycles. The van der Waals surface area contributed by atoms with E-state index < -0.39 is 6.72 Å². The highest BCUT2D eigenvalue weighted by Gasteiger charge is 2.03. The van der Waals surface area contributed by atoms with Crippen molar-refractivity contribution in [2.45, 2.75) is 45.4 Å². The first kappa shape index (κ1) is 14.7. The molecule has 0 bridgehead atoms. The molecule has 2 N–H and O–H groups in total. The van der Waals surface area contributed by atoms with Gasteiger partial charge < -0.3 is 14.3 Å². The van der Waals surface area contributed by atoms with Gasteiger partial charge in [-0.25, -0.2) is 0 Å². The summed E-state index contributed by atoms with van der Waals surface area (Å²) in [5, 5.41) is 0. The Kier molecular flexibility index (Phi) is 9.35. The van der Waals surface area contributed by atoms with E-state index in [-0.39, 0.29) is 0 Å². The number of unbranched alkanes of at least 4 members (excludes halogenated alkanes) is 5. The van der Waals surface area contributed by atoms with Crippen LogP contribution in [0, 0.1) is 0 Å². The largest absolute Gasteiger partial charge is 0.329 e. The van der Waals surface area contributed by atoms with E-state index in [2.05, 4.69) is 11.4 Å². The van der Waals surface area contributed by atoms with Gasteiger partial charge in [-0.1, -0.05) is 39.0 Å². The van der Waals surface area contributed by atoms with E-state index in [4.69, 9.17) is 0 Å². The standard InChI is InChI=1S/C9H23O3PS/c1-3-4-5-6-7-8-9-14-13(10,11)12-2/h10-11,14H,3-9H2,1-2H3. The van der Waals surface area contributed by atoms with Gasteiger partial charge in [0.05, 0.1) is 0 Å². The smallest absolute Gasteiger partial charge is 0.276 e. The lowest BCUT2D eigenvalue weighted by molar-refractivity contribution is 0.306. The fraction of sp³-hybridized carbons (Fsp3) is 1.00. The van der Waals surface area contributed by atoms with Gasteiger partial charge in [0.2, 0.25) is 0 Å². The molecular formula is C9H23O3PS. The molecule has 0 spiro atoms. The van der Waals surface area contributed by atoms with Crippen molar-refractivity contribution in [3.8, 4) is 0 Å². The predicted octanol–water partition coefficient (Wildman–Crippen LogP) is 2.47. The average Bonchev–Trinajstić information content (AvgIpc) is 2.16. The van der Waals surface area contributed by atoms with Crippen molar-refractivity contribution in [1.82, 2.24) is 0 Å². The van der Waals surface area contributed by atoms with Gasteiger partial charge in [-0.15, -0.1) is 10.9 Å². The first-order valence-corrected chi connectivity index (χ1v) is 8.61. The van der Waals surface area contributed by atoms with Crippen LogP contribution in [0.25, 0.3) is 0 Å². The Hall–Kier alpha value is 0.660. The fourth-order valence-electron chi connectivity index (χ4n) is 1.15. The minimum atomic E-state index is -3.01. The van der Waals surface area contributed by atoms with Crippen molar-refractivity contribution in [3.05, 3.63) is 0 Å². The van der Waals surface area contributed by atoms with Gasteiger partial charge in [0, 0.05) is 7.11 Å². The zero-order valence-electron chi connectivity index (χ0n) is 9.15. The van der Waals surface area contributed by atoms with E-state index in [1.807, 2.05) is 0 Å². The van der Waals surface area contributed by atoms with Crippen molar-refractivity contribution < 1.29 is 14.3 Å². The van der Waals surface area contributed by atoms with Crippen LogP contribution in [-0.2, 0) is 15.5 Å². The Morgan fingerprint density at radius 1 is 1.07 bits per heavy atom. The van der Waals surface area contributed by atoms with Gasteiger partial charge in [0.15, 0.2) is 0 Å². The maximum Gasteiger partial charge on any atom is 0.276 e. The molecule has 0 aromatic heterocycles. The summed E-state index contributed by atoms with van der Waals surface area (Å²) < 4.78 is 4.59. The summed E-state index contributed by atoms with van der Waals surface area (Å²) in [6.45, 7) is -0.811. The summed E-state index contributed by atoms with van der Waals surface area (Å²) in [5.74, 6) is 0.834. The Labute approximate surface area is 90.7 Å². The van der Waals surface area contributed by atoms with Gasteiger partial charge in [-0.2, -0.15) is 0 Å². The SMILES string of the molecule is CCCCCCCC[SH]=P(O)(O)OC. The van der Waals surface area contributed by atoms with Crippen LogP contribution in [0.1, 0.15) is 45.4 Å². The van der Waals surface area contributed by atoms with Crippen molar-refractivity contribution >= 4 is 17.7 Å². The van der Waals surface area contributed by atoms with Crippen molar-refractivity contribution in [2.24, 2.45) is 0 Å². The molecule has 0 aliphatic carbocycles. The topological polar surface area (TPSA) is 49.7 Å². The summed E-state index contributed by atoms with van der Waals surface area (Å²) in [6, 6.07) is 0. The molecule has 0 atom stereocenters. The molecular weight excluding hydrogens is 219 g/mol. The molecule has 0 aliphatic rings. The summed E-state index contributed by atoms with van der Waals surface area (Å²) in [5.41, 5.74) is 0. The lowest BCUT2D eigenvalue weighted by Crippen LogP contribution is -1.89. The van der Waals surface area contributed by atoms with E-state index >= 15 is 0 Å². The van der Waals surface area contributed by atoms with Gasteiger partial charge in [0.1, 0.15) is 0 Å². The van der Waals surface area contributed by atoms with E-state index in [0.717, 1.165) is 12.2 Å². The van der Waals surface area contributed by atoms with E-state index in [0.29, 0.717) is 10.9 Å². The molecule has 5 heteroatoms. The Bertz CT molecular complexity index is 179. The molecule has 0 rings (SSSR count). The highest BCUT2D eigenvalue weighted by Crippen LogP contribution is 2.37. The minimum absolute atomic E-state index is 0.657. The molecule has 0 fully saturated rings. The van der Waals surface area contributed by atoms with E-state index in [1.54, 1.807) is 0 Å². The predicted molar refractivity (Wildman–Crippen MR) is 65.4 cm³/mol. The first-order valence-electron chi connectivity index (χ1n) is 5.21. The number of thiol groups is 1. The third kappa shape index (κ3) is 9.22. The Balaban J connectivity index is 3.33. The lowest BCUT2D eigenvalue weighted by Gasteiger charge is -2.08. The van der Waals surface area contributed by atoms with Crippen LogP contribution in [0.4, 0.5) is 0 Å². The third-order valence-corrected chi connectivity index (χ3v) is 5.61. The number of hydrogen-bond acceptors (Lipinski definition) is 1. The molecule has 0 unspecified atom stereocenters. The molecule has 3 nitrogen and oxygen atoms in total. The molecule has 14 heavy (non-hydrogen) atoms. The second kappa shape index (κ2) is 8.93. The molecule has 0 aromatic carbocycles. The maximum atomic E-state index is 9.20. The van der Waals surface area contributed by atoms with Crippen molar-refractivity contribution in [1.29, 1.82) is 0 Å². The molecule has 0 saturated heterocycles. The molecule has 0 radical (unpaired) electrons. The monoisotopic (exact) mass is 242 g/mol. The highest BCUT2D eigenvalue weighted by molar-refractivity contribution is 8.16. The second-order valence-corrected chi connectivity index (χ2v) is 7.86. The average molecular weight is 242 g/mol. The Morgan fingerprint density at radius 2 is 1.64 bits per heavy atom. The second-order valence-electron chi connectivity index (χ2n) is 3.33. The molecule has 0 heterocycles. The van der Waals surface area contributed by atoms with Crippen molar-refractivity contribution in [3.63, 3.8) is 0 Å². The quantitative estimate of drug-likeness (QED) is 0.348. The summed E-state index contributed by atoms with van der Waals surface area (Å²) >= 11 is 0. The summed E-state index contributed by atoms with van der Waals surface area (Å²) in [4.78, 5) is 18.4. The molecule has 88 valence electrons. The fourth-order valence-corrected chi connectivity index (χ4v) is 3.44. The van der Waals surface area contributed by atoms with Crippen LogP contribution >= 0.6 is 6.72 Å². The van der Waals surface area contributed by atoms with Crippen LogP contribution < -0.4 is 0 Å². The summed E-state index contributed by atoms with van der Waals surface area (Å²) in [6.07, 6.45) is 7.40. The van der Waals surface area contributed by atoms with Crippen LogP contribution in [0.3, 0.4) is 0 Å². The van der Waals surface area contributed by atoms with Crippen LogP contribution in [0.5, 0.6) is 0 Å². The first-order chi connectivity index (χ1) is 6.62. The highest BCUT2D eigenvalue weighted by atomic mass is 32.5. The van der Waals surface area contributed by atoms with Gasteiger partial charge in [-0.3, -0.25) is 0 Å². The van der Waals surface area contributed by atoms with Gasteiger partial charge in [0.25, 0.3) is 6.72 Å². The normalized spacial score (nSPS) is 12.0. The molecule has 0 aromatic rings. The minimum Gasteiger partial charge on any atom is -0.329 e. The zero-order chi connectivity index (χ0) is 10.9. The zero-order valence-corrected chi connectivity index (χ0v) is 10.9. The van der Waals surface area contributed by atoms with Gasteiger partial charge in [-0.05, 0) is 12.2 Å². The number of hydrogen-bond donors (Lipinski definition) is 3. The lowest BCUT2D eigenvalue weighted by atomic mass is 10.1. The number of rotatable bonds is 8. The third-order valence-electron chi connectivity index (χ3n) is 2.04. The van der Waals surface area contributed by atoms with Crippen molar-refractivity contribution in [2.75, 3.05) is 12.9 Å². The van der Waals surface area contributed by atoms with E-state index in [1.165, 1.54) is 39.2 Å². The van der Waals surface area contributed by atoms with Crippen LogP contribution in [0.15, 0.2) is 0 Å². The maximum absolute atomic E-state index is 9.20. The van der Waals surface area contributed by atoms with Crippen LogP contribution in [0.2, 0.25) is 0 Å². The molecule has 0 amide bonds. The van der Waals surface area contributed by atoms with Crippen LogP contribution in [-0.4, -0.2) is 22.6 Å². The Morgan fingerprint density at radius 3 is 2.21 bits per heavy atom. The van der Waals surface area contributed by atoms with E-state index in [9.17, 15) is 9.79 Å². The van der Waals surface area contributed by atoms with Gasteiger partial charge >= 0.3 is 0 Å². The summed E-state index contributed by atoms with van der Waals surface area (Å²) in [7, 11) is 2.01.